The predicted octanol–water partition coefficient (Wildman–Crippen LogP) is 3.36. The number of piperazine rings is 1. The van der Waals surface area contributed by atoms with E-state index in [0.29, 0.717) is 18.9 Å². The van der Waals surface area contributed by atoms with Crippen molar-refractivity contribution in [1.29, 1.82) is 0 Å². The topological polar surface area (TPSA) is 50.8 Å². The van der Waals surface area contributed by atoms with Gasteiger partial charge in [-0.05, 0) is 37.3 Å². The highest BCUT2D eigenvalue weighted by Crippen LogP contribution is 2.31. The molecule has 0 radical (unpaired) electrons. The van der Waals surface area contributed by atoms with Crippen molar-refractivity contribution in [2.45, 2.75) is 17.9 Å². The minimum Gasteiger partial charge on any atom is -0.496 e. The molecule has 27 heavy (non-hydrogen) atoms. The van der Waals surface area contributed by atoms with Crippen LogP contribution in [-0.4, -0.2) is 49.9 Å². The lowest BCUT2D eigenvalue weighted by molar-refractivity contribution is -0.131. The monoisotopic (exact) mass is 386 g/mol. The van der Waals surface area contributed by atoms with E-state index < -0.39 is 0 Å². The minimum atomic E-state index is -0.0108. The van der Waals surface area contributed by atoms with Gasteiger partial charge in [-0.3, -0.25) is 4.79 Å². The molecular weight excluding hydrogens is 360 g/mol. The summed E-state index contributed by atoms with van der Waals surface area (Å²) in [6.07, 6.45) is 0. The number of nitrogens with one attached hydrogen (secondary N) is 1. The van der Waals surface area contributed by atoms with Crippen molar-refractivity contribution < 1.29 is 14.3 Å². The Hall–Kier alpha value is -2.18. The average molecular weight is 387 g/mol. The molecule has 144 valence electrons. The molecule has 1 fully saturated rings. The van der Waals surface area contributed by atoms with E-state index in [1.54, 1.807) is 18.9 Å². The number of thioether (sulfide) groups is 1. The van der Waals surface area contributed by atoms with E-state index in [4.69, 9.17) is 9.47 Å². The highest BCUT2D eigenvalue weighted by atomic mass is 32.2. The molecule has 2 aromatic rings. The Labute approximate surface area is 165 Å². The van der Waals surface area contributed by atoms with Gasteiger partial charge in [-0.2, -0.15) is 0 Å². The predicted molar refractivity (Wildman–Crippen MR) is 109 cm³/mol. The van der Waals surface area contributed by atoms with E-state index in [0.717, 1.165) is 35.0 Å². The van der Waals surface area contributed by atoms with Gasteiger partial charge in [0.1, 0.15) is 11.5 Å². The quantitative estimate of drug-likeness (QED) is 0.740. The highest BCUT2D eigenvalue weighted by Gasteiger charge is 2.29. The third kappa shape index (κ3) is 4.96. The van der Waals surface area contributed by atoms with Crippen molar-refractivity contribution >= 4 is 17.7 Å². The Bertz CT molecular complexity index is 751. The molecule has 1 aliphatic rings. The first-order valence-electron chi connectivity index (χ1n) is 9.21. The first-order valence-corrected chi connectivity index (χ1v) is 10.2. The van der Waals surface area contributed by atoms with Gasteiger partial charge in [-0.1, -0.05) is 18.2 Å². The normalized spacial score (nSPS) is 16.8. The van der Waals surface area contributed by atoms with Gasteiger partial charge in [0.2, 0.25) is 5.91 Å². The van der Waals surface area contributed by atoms with Gasteiger partial charge >= 0.3 is 0 Å². The zero-order valence-corrected chi connectivity index (χ0v) is 16.6. The molecule has 1 heterocycles. The number of rotatable bonds is 7. The molecule has 0 bridgehead atoms. The Morgan fingerprint density at radius 2 is 2.00 bits per heavy atom. The fourth-order valence-electron chi connectivity index (χ4n) is 3.25. The summed E-state index contributed by atoms with van der Waals surface area (Å²) in [5, 5.41) is 3.39. The maximum atomic E-state index is 12.9. The van der Waals surface area contributed by atoms with Crippen LogP contribution in [0.2, 0.25) is 0 Å². The summed E-state index contributed by atoms with van der Waals surface area (Å²) < 4.78 is 11.0. The van der Waals surface area contributed by atoms with Crippen LogP contribution in [0, 0.1) is 0 Å². The maximum absolute atomic E-state index is 12.9. The third-order valence-corrected chi connectivity index (χ3v) is 5.56. The molecule has 2 aromatic carbocycles. The van der Waals surface area contributed by atoms with Crippen molar-refractivity contribution in [3.8, 4) is 11.5 Å². The number of hydrogen-bond donors (Lipinski definition) is 1. The average Bonchev–Trinajstić information content (AvgIpc) is 2.73. The fourth-order valence-corrected chi connectivity index (χ4v) is 4.03. The van der Waals surface area contributed by atoms with Crippen LogP contribution in [0.1, 0.15) is 18.5 Å². The second-order valence-electron chi connectivity index (χ2n) is 6.24. The van der Waals surface area contributed by atoms with Crippen LogP contribution in [0.5, 0.6) is 11.5 Å². The smallest absolute Gasteiger partial charge is 0.233 e. The molecule has 0 spiro atoms. The van der Waals surface area contributed by atoms with Crippen LogP contribution in [-0.2, 0) is 4.79 Å². The van der Waals surface area contributed by atoms with Crippen LogP contribution in [0.3, 0.4) is 0 Å². The fraction of sp³-hybridized carbons (Fsp3) is 0.381. The molecule has 1 amide bonds. The van der Waals surface area contributed by atoms with Crippen LogP contribution in [0.4, 0.5) is 0 Å². The largest absolute Gasteiger partial charge is 0.496 e. The van der Waals surface area contributed by atoms with Crippen LogP contribution in [0.25, 0.3) is 0 Å². The van der Waals surface area contributed by atoms with E-state index >= 15 is 0 Å². The molecule has 1 atom stereocenters. The first kappa shape index (κ1) is 19.6. The summed E-state index contributed by atoms with van der Waals surface area (Å²) in [5.41, 5.74) is 1.05. The number of amides is 1. The molecule has 6 heteroatoms. The molecular formula is C21H26N2O3S. The van der Waals surface area contributed by atoms with Crippen molar-refractivity contribution in [3.05, 3.63) is 54.1 Å². The molecule has 1 unspecified atom stereocenters. The van der Waals surface area contributed by atoms with E-state index in [9.17, 15) is 4.79 Å². The number of ether oxygens (including phenoxy) is 2. The molecule has 0 saturated carbocycles. The van der Waals surface area contributed by atoms with Gasteiger partial charge in [0.15, 0.2) is 0 Å². The van der Waals surface area contributed by atoms with Gasteiger partial charge in [0.25, 0.3) is 0 Å². The molecule has 1 N–H and O–H groups in total. The summed E-state index contributed by atoms with van der Waals surface area (Å²) in [7, 11) is 1.67. The number of methoxy groups -OCH3 is 1. The van der Waals surface area contributed by atoms with Crippen molar-refractivity contribution in [1.82, 2.24) is 10.2 Å². The number of carbonyl (C=O) groups is 1. The van der Waals surface area contributed by atoms with Crippen LogP contribution < -0.4 is 14.8 Å². The Morgan fingerprint density at radius 3 is 2.74 bits per heavy atom. The lowest BCUT2D eigenvalue weighted by atomic mass is 10.0. The van der Waals surface area contributed by atoms with E-state index in [-0.39, 0.29) is 11.9 Å². The number of hydrogen-bond acceptors (Lipinski definition) is 5. The number of para-hydroxylation sites is 1. The van der Waals surface area contributed by atoms with Gasteiger partial charge < -0.3 is 19.7 Å². The molecule has 5 nitrogen and oxygen atoms in total. The van der Waals surface area contributed by atoms with Crippen molar-refractivity contribution in [3.63, 3.8) is 0 Å². The SMILES string of the molecule is CCOc1ccc(SCC(=O)N2CCNCC2c2ccccc2OC)cc1. The maximum Gasteiger partial charge on any atom is 0.233 e. The van der Waals surface area contributed by atoms with Crippen LogP contribution >= 0.6 is 11.8 Å². The summed E-state index contributed by atoms with van der Waals surface area (Å²) in [5.74, 6) is 2.24. The Kier molecular flexibility index (Phi) is 7.01. The standard InChI is InChI=1S/C21H26N2O3S/c1-3-26-16-8-10-17(11-9-16)27-15-21(24)23-13-12-22-14-19(23)18-6-4-5-7-20(18)25-2/h4-11,19,22H,3,12-15H2,1-2H3. The van der Waals surface area contributed by atoms with Gasteiger partial charge in [-0.25, -0.2) is 0 Å². The van der Waals surface area contributed by atoms with Crippen molar-refractivity contribution in [2.24, 2.45) is 0 Å². The zero-order valence-electron chi connectivity index (χ0n) is 15.8. The summed E-state index contributed by atoms with van der Waals surface area (Å²) in [4.78, 5) is 16.0. The van der Waals surface area contributed by atoms with Gasteiger partial charge in [0, 0.05) is 30.1 Å². The Balaban J connectivity index is 1.66. The van der Waals surface area contributed by atoms with Crippen molar-refractivity contribution in [2.75, 3.05) is 39.1 Å². The molecule has 0 aliphatic carbocycles. The zero-order chi connectivity index (χ0) is 19.1. The summed E-state index contributed by atoms with van der Waals surface area (Å²) in [6, 6.07) is 15.8. The molecule has 0 aromatic heterocycles. The molecule has 1 saturated heterocycles. The second-order valence-corrected chi connectivity index (χ2v) is 7.29. The summed E-state index contributed by atoms with van der Waals surface area (Å²) in [6.45, 7) is 4.86. The highest BCUT2D eigenvalue weighted by molar-refractivity contribution is 8.00. The third-order valence-electron chi connectivity index (χ3n) is 4.56. The number of benzene rings is 2. The second kappa shape index (κ2) is 9.67. The number of carbonyl (C=O) groups excluding carboxylic acids is 1. The lowest BCUT2D eigenvalue weighted by Crippen LogP contribution is -2.49. The van der Waals surface area contributed by atoms with Crippen LogP contribution in [0.15, 0.2) is 53.4 Å². The molecule has 1 aliphatic heterocycles. The van der Waals surface area contributed by atoms with Gasteiger partial charge in [0.05, 0.1) is 25.5 Å². The summed E-state index contributed by atoms with van der Waals surface area (Å²) >= 11 is 1.56. The lowest BCUT2D eigenvalue weighted by Gasteiger charge is -2.37. The number of nitrogens with zero attached hydrogens (tertiary/aromatic N) is 1. The van der Waals surface area contributed by atoms with E-state index in [1.807, 2.05) is 60.4 Å². The minimum absolute atomic E-state index is 0.0108. The van der Waals surface area contributed by atoms with E-state index in [1.165, 1.54) is 0 Å². The Morgan fingerprint density at radius 1 is 1.22 bits per heavy atom. The van der Waals surface area contributed by atoms with Gasteiger partial charge in [-0.15, -0.1) is 11.8 Å². The molecule has 3 rings (SSSR count). The first-order chi connectivity index (χ1) is 13.2. The van der Waals surface area contributed by atoms with E-state index in [2.05, 4.69) is 5.32 Å².